The van der Waals surface area contributed by atoms with E-state index in [9.17, 15) is 9.59 Å². The maximum Gasteiger partial charge on any atom is 0.171 e. The molecule has 3 rings (SSSR count). The lowest BCUT2D eigenvalue weighted by atomic mass is 9.85. The highest BCUT2D eigenvalue weighted by atomic mass is 16.1. The first kappa shape index (κ1) is 10.2. The molecule has 2 nitrogen and oxygen atoms in total. The van der Waals surface area contributed by atoms with Crippen molar-refractivity contribution in [2.75, 3.05) is 0 Å². The van der Waals surface area contributed by atoms with Gasteiger partial charge >= 0.3 is 0 Å². The highest BCUT2D eigenvalue weighted by Gasteiger charge is 2.25. The fourth-order valence-corrected chi connectivity index (χ4v) is 2.59. The van der Waals surface area contributed by atoms with Gasteiger partial charge in [-0.3, -0.25) is 9.59 Å². The normalized spacial score (nSPS) is 14.5. The molecule has 0 amide bonds. The van der Waals surface area contributed by atoms with E-state index in [2.05, 4.69) is 0 Å². The molecule has 0 spiro atoms. The van der Waals surface area contributed by atoms with E-state index in [1.54, 1.807) is 0 Å². The Kier molecular flexibility index (Phi) is 1.96. The van der Waals surface area contributed by atoms with Crippen molar-refractivity contribution in [3.05, 3.63) is 46.5 Å². The number of carbonyl (C=O) groups is 2. The smallest absolute Gasteiger partial charge is 0.171 e. The van der Waals surface area contributed by atoms with Crippen molar-refractivity contribution in [3.63, 3.8) is 0 Å². The van der Waals surface area contributed by atoms with Gasteiger partial charge in [0.2, 0.25) is 0 Å². The molecular weight excluding hydrogens is 212 g/mol. The van der Waals surface area contributed by atoms with E-state index < -0.39 is 0 Å². The molecule has 0 fully saturated rings. The third kappa shape index (κ3) is 1.41. The first-order chi connectivity index (χ1) is 8.06. The summed E-state index contributed by atoms with van der Waals surface area (Å²) in [5.74, 6) is -0.111. The van der Waals surface area contributed by atoms with Gasteiger partial charge in [-0.05, 0) is 42.5 Å². The van der Waals surface area contributed by atoms with Gasteiger partial charge in [-0.1, -0.05) is 12.1 Å². The summed E-state index contributed by atoms with van der Waals surface area (Å²) in [5.41, 5.74) is 3.53. The Balaban J connectivity index is 2.56. The molecule has 0 aliphatic heterocycles. The van der Waals surface area contributed by atoms with Crippen LogP contribution in [0.2, 0.25) is 0 Å². The SMILES string of the molecule is Cc1cc2c3c(cc(C)cc3c1)C(=O)CC2=O. The van der Waals surface area contributed by atoms with Gasteiger partial charge in [0, 0.05) is 16.5 Å². The van der Waals surface area contributed by atoms with Crippen molar-refractivity contribution in [2.45, 2.75) is 20.3 Å². The van der Waals surface area contributed by atoms with Crippen molar-refractivity contribution in [2.24, 2.45) is 0 Å². The third-order valence-corrected chi connectivity index (χ3v) is 3.26. The minimum Gasteiger partial charge on any atom is -0.294 e. The fraction of sp³-hybridized carbons (Fsp3) is 0.200. The molecule has 0 heterocycles. The molecule has 0 radical (unpaired) electrons. The number of rotatable bonds is 0. The van der Waals surface area contributed by atoms with Gasteiger partial charge in [-0.2, -0.15) is 0 Å². The zero-order chi connectivity index (χ0) is 12.2. The van der Waals surface area contributed by atoms with Crippen LogP contribution < -0.4 is 0 Å². The van der Waals surface area contributed by atoms with Crippen LogP contribution >= 0.6 is 0 Å². The Hall–Kier alpha value is -1.96. The topological polar surface area (TPSA) is 34.1 Å². The highest BCUT2D eigenvalue weighted by Crippen LogP contribution is 2.31. The van der Waals surface area contributed by atoms with Crippen molar-refractivity contribution in [3.8, 4) is 0 Å². The number of benzene rings is 2. The monoisotopic (exact) mass is 224 g/mol. The minimum atomic E-state index is -0.0555. The maximum absolute atomic E-state index is 11.9. The average Bonchev–Trinajstić information content (AvgIpc) is 2.24. The lowest BCUT2D eigenvalue weighted by Crippen LogP contribution is -2.16. The number of hydrogen-bond acceptors (Lipinski definition) is 2. The highest BCUT2D eigenvalue weighted by molar-refractivity contribution is 6.27. The lowest BCUT2D eigenvalue weighted by Gasteiger charge is -2.17. The summed E-state index contributed by atoms with van der Waals surface area (Å²) in [4.78, 5) is 23.8. The predicted molar refractivity (Wildman–Crippen MR) is 66.7 cm³/mol. The number of Topliss-reactive ketones (excluding diaryl/α,β-unsaturated/α-hetero) is 2. The van der Waals surface area contributed by atoms with Gasteiger partial charge in [-0.25, -0.2) is 0 Å². The van der Waals surface area contributed by atoms with E-state index >= 15 is 0 Å². The van der Waals surface area contributed by atoms with E-state index in [0.29, 0.717) is 11.1 Å². The summed E-state index contributed by atoms with van der Waals surface area (Å²) >= 11 is 0. The molecule has 0 aromatic heterocycles. The van der Waals surface area contributed by atoms with Gasteiger partial charge in [0.25, 0.3) is 0 Å². The van der Waals surface area contributed by atoms with E-state index in [-0.39, 0.29) is 18.0 Å². The van der Waals surface area contributed by atoms with Gasteiger partial charge in [0.15, 0.2) is 11.6 Å². The molecule has 1 aliphatic carbocycles. The average molecular weight is 224 g/mol. The largest absolute Gasteiger partial charge is 0.294 e. The Morgan fingerprint density at radius 1 is 0.824 bits per heavy atom. The van der Waals surface area contributed by atoms with Crippen molar-refractivity contribution < 1.29 is 9.59 Å². The molecule has 0 saturated carbocycles. The van der Waals surface area contributed by atoms with Gasteiger partial charge in [-0.15, -0.1) is 0 Å². The first-order valence-electron chi connectivity index (χ1n) is 5.67. The second-order valence-electron chi connectivity index (χ2n) is 4.75. The lowest BCUT2D eigenvalue weighted by molar-refractivity contribution is 0.0890. The minimum absolute atomic E-state index is 0.00894. The number of carbonyl (C=O) groups excluding carboxylic acids is 2. The van der Waals surface area contributed by atoms with E-state index in [0.717, 1.165) is 21.9 Å². The van der Waals surface area contributed by atoms with Crippen LogP contribution in [0.1, 0.15) is 38.3 Å². The molecule has 1 aliphatic rings. The quantitative estimate of drug-likeness (QED) is 0.644. The standard InChI is InChI=1S/C15H12O2/c1-8-3-10-4-9(2)6-12-14(17)7-13(16)11(5-8)15(10)12/h3-6H,7H2,1-2H3. The van der Waals surface area contributed by atoms with Crippen LogP contribution in [0.4, 0.5) is 0 Å². The summed E-state index contributed by atoms with van der Waals surface area (Å²) in [6.07, 6.45) is 0.00894. The molecule has 0 saturated heterocycles. The molecule has 0 bridgehead atoms. The third-order valence-electron chi connectivity index (χ3n) is 3.26. The summed E-state index contributed by atoms with van der Waals surface area (Å²) < 4.78 is 0. The zero-order valence-electron chi connectivity index (χ0n) is 9.83. The summed E-state index contributed by atoms with van der Waals surface area (Å²) in [6, 6.07) is 7.83. The van der Waals surface area contributed by atoms with E-state index in [1.165, 1.54) is 0 Å². The molecule has 2 aromatic carbocycles. The molecule has 84 valence electrons. The molecule has 2 aromatic rings. The van der Waals surface area contributed by atoms with Crippen LogP contribution in [0.5, 0.6) is 0 Å². The Labute approximate surface area is 99.3 Å². The van der Waals surface area contributed by atoms with E-state index in [4.69, 9.17) is 0 Å². The Morgan fingerprint density at radius 3 is 1.76 bits per heavy atom. The molecular formula is C15H12O2. The molecule has 0 N–H and O–H groups in total. The maximum atomic E-state index is 11.9. The van der Waals surface area contributed by atoms with Crippen LogP contribution in [0.15, 0.2) is 24.3 Å². The second-order valence-corrected chi connectivity index (χ2v) is 4.75. The van der Waals surface area contributed by atoms with Crippen LogP contribution in [-0.2, 0) is 0 Å². The fourth-order valence-electron chi connectivity index (χ4n) is 2.59. The Morgan fingerprint density at radius 2 is 1.29 bits per heavy atom. The molecule has 0 unspecified atom stereocenters. The molecule has 0 atom stereocenters. The Bertz CT molecular complexity index is 626. The van der Waals surface area contributed by atoms with Crippen molar-refractivity contribution in [1.29, 1.82) is 0 Å². The summed E-state index contributed by atoms with van der Waals surface area (Å²) in [7, 11) is 0. The van der Waals surface area contributed by atoms with E-state index in [1.807, 2.05) is 38.1 Å². The predicted octanol–water partition coefficient (Wildman–Crippen LogP) is 3.23. The van der Waals surface area contributed by atoms with Gasteiger partial charge in [0.1, 0.15) is 0 Å². The zero-order valence-corrected chi connectivity index (χ0v) is 9.83. The second kappa shape index (κ2) is 3.27. The number of hydrogen-bond donors (Lipinski definition) is 0. The van der Waals surface area contributed by atoms with Crippen LogP contribution in [-0.4, -0.2) is 11.6 Å². The van der Waals surface area contributed by atoms with Gasteiger partial charge < -0.3 is 0 Å². The number of aryl methyl sites for hydroxylation is 2. The first-order valence-corrected chi connectivity index (χ1v) is 5.67. The molecule has 17 heavy (non-hydrogen) atoms. The van der Waals surface area contributed by atoms with Crippen LogP contribution in [0.3, 0.4) is 0 Å². The number of ketones is 2. The van der Waals surface area contributed by atoms with Crippen molar-refractivity contribution in [1.82, 2.24) is 0 Å². The summed E-state index contributed by atoms with van der Waals surface area (Å²) in [6.45, 7) is 3.95. The summed E-state index contributed by atoms with van der Waals surface area (Å²) in [5, 5.41) is 1.83. The van der Waals surface area contributed by atoms with Crippen LogP contribution in [0, 0.1) is 13.8 Å². The van der Waals surface area contributed by atoms with Gasteiger partial charge in [0.05, 0.1) is 6.42 Å². The van der Waals surface area contributed by atoms with Crippen LogP contribution in [0.25, 0.3) is 10.8 Å². The molecule has 2 heteroatoms. The van der Waals surface area contributed by atoms with Crippen molar-refractivity contribution >= 4 is 22.3 Å².